The zero-order valence-electron chi connectivity index (χ0n) is 12.7. The zero-order valence-corrected chi connectivity index (χ0v) is 12.7. The largest absolute Gasteiger partial charge is 0.489 e. The van der Waals surface area contributed by atoms with Gasteiger partial charge in [-0.25, -0.2) is 4.39 Å². The first kappa shape index (κ1) is 18.1. The fourth-order valence-corrected chi connectivity index (χ4v) is 1.56. The second-order valence-corrected chi connectivity index (χ2v) is 5.63. The molecule has 0 aliphatic heterocycles. The van der Waals surface area contributed by atoms with Gasteiger partial charge >= 0.3 is 5.97 Å². The first-order valence-corrected chi connectivity index (χ1v) is 6.61. The van der Waals surface area contributed by atoms with Gasteiger partial charge in [-0.2, -0.15) is 0 Å². The third-order valence-corrected chi connectivity index (χ3v) is 2.48. The highest BCUT2D eigenvalue weighted by Gasteiger charge is 2.25. The average Bonchev–Trinajstić information content (AvgIpc) is 2.33. The summed E-state index contributed by atoms with van der Waals surface area (Å²) in [6, 6.07) is 2.27. The van der Waals surface area contributed by atoms with E-state index in [9.17, 15) is 14.3 Å². The van der Waals surface area contributed by atoms with Gasteiger partial charge in [0, 0.05) is 6.07 Å². The van der Waals surface area contributed by atoms with Crippen LogP contribution in [0.4, 0.5) is 10.1 Å². The Morgan fingerprint density at radius 3 is 2.59 bits per heavy atom. The molecule has 8 heteroatoms. The third kappa shape index (κ3) is 6.25. The summed E-state index contributed by atoms with van der Waals surface area (Å²) < 4.78 is 23.3. The van der Waals surface area contributed by atoms with E-state index in [-0.39, 0.29) is 18.0 Å². The molecule has 2 atom stereocenters. The number of aliphatic hydroxyl groups excluding tert-OH is 1. The first-order chi connectivity index (χ1) is 10.1. The van der Waals surface area contributed by atoms with Crippen molar-refractivity contribution in [3.05, 3.63) is 24.0 Å². The van der Waals surface area contributed by atoms with Gasteiger partial charge < -0.3 is 25.4 Å². The number of aliphatic hydroxyl groups is 1. The number of nitrogens with one attached hydrogen (secondary N) is 1. The van der Waals surface area contributed by atoms with E-state index in [0.29, 0.717) is 0 Å². The minimum atomic E-state index is -1.48. The van der Waals surface area contributed by atoms with Crippen molar-refractivity contribution in [1.82, 2.24) is 5.32 Å². The van der Waals surface area contributed by atoms with Crippen molar-refractivity contribution in [3.63, 3.8) is 0 Å². The topological polar surface area (TPSA) is 114 Å². The summed E-state index contributed by atoms with van der Waals surface area (Å²) in [5, 5.41) is 21.1. The van der Waals surface area contributed by atoms with Crippen molar-refractivity contribution in [1.29, 1.82) is 0 Å². The predicted molar refractivity (Wildman–Crippen MR) is 77.7 cm³/mol. The molecule has 124 valence electrons. The maximum atomic E-state index is 12.9. The van der Waals surface area contributed by atoms with E-state index in [1.165, 1.54) is 6.07 Å². The Kier molecular flexibility index (Phi) is 6.10. The lowest BCUT2D eigenvalue weighted by atomic mass is 10.2. The van der Waals surface area contributed by atoms with Crippen molar-refractivity contribution in [2.75, 3.05) is 12.3 Å². The van der Waals surface area contributed by atoms with Crippen LogP contribution in [0.5, 0.6) is 5.75 Å². The summed E-state index contributed by atoms with van der Waals surface area (Å²) in [5.74, 6) is -1.61. The molecule has 7 nitrogen and oxygen atoms in total. The smallest absolute Gasteiger partial charge is 0.324 e. The molecule has 0 amide bonds. The molecule has 0 heterocycles. The minimum Gasteiger partial charge on any atom is -0.489 e. The molecule has 1 rings (SSSR count). The molecule has 1 aromatic carbocycles. The zero-order chi connectivity index (χ0) is 16.9. The standard InChI is InChI=1S/C14H21FN2O5/c1-14(2,3)22-13(20)17-10(12(18)19)7-21-11-5-4-8(15)6-9(11)16/h4-6,10,13,17,20H,7,16H2,1-3H3,(H,18,19)/t10-,13?/m0/s1. The monoisotopic (exact) mass is 316 g/mol. The van der Waals surface area contributed by atoms with Crippen molar-refractivity contribution < 1.29 is 28.9 Å². The van der Waals surface area contributed by atoms with E-state index in [2.05, 4.69) is 5.32 Å². The Morgan fingerprint density at radius 2 is 2.09 bits per heavy atom. The second kappa shape index (κ2) is 7.39. The number of benzene rings is 1. The number of rotatable bonds is 7. The van der Waals surface area contributed by atoms with Gasteiger partial charge in [-0.3, -0.25) is 10.1 Å². The van der Waals surface area contributed by atoms with E-state index in [1.54, 1.807) is 20.8 Å². The molecular weight excluding hydrogens is 295 g/mol. The van der Waals surface area contributed by atoms with Gasteiger partial charge in [0.2, 0.25) is 6.41 Å². The maximum Gasteiger partial charge on any atom is 0.324 e. The van der Waals surface area contributed by atoms with Crippen LogP contribution in [0.3, 0.4) is 0 Å². The fourth-order valence-electron chi connectivity index (χ4n) is 1.56. The minimum absolute atomic E-state index is 0.0515. The van der Waals surface area contributed by atoms with Crippen molar-refractivity contribution in [3.8, 4) is 5.75 Å². The Labute approximate surface area is 127 Å². The van der Waals surface area contributed by atoms with E-state index in [1.807, 2.05) is 0 Å². The normalized spacial score (nSPS) is 14.4. The Bertz CT molecular complexity index is 518. The van der Waals surface area contributed by atoms with Gasteiger partial charge in [-0.05, 0) is 32.9 Å². The van der Waals surface area contributed by atoms with Crippen molar-refractivity contribution >= 4 is 11.7 Å². The van der Waals surface area contributed by atoms with Crippen LogP contribution in [0.15, 0.2) is 18.2 Å². The number of carbonyl (C=O) groups is 1. The lowest BCUT2D eigenvalue weighted by Gasteiger charge is -2.26. The molecule has 0 fully saturated rings. The van der Waals surface area contributed by atoms with Crippen LogP contribution in [0.1, 0.15) is 20.8 Å². The number of carboxylic acids is 1. The predicted octanol–water partition coefficient (Wildman–Crippen LogP) is 0.920. The van der Waals surface area contributed by atoms with Gasteiger partial charge in [-0.1, -0.05) is 0 Å². The summed E-state index contributed by atoms with van der Waals surface area (Å²) in [6.07, 6.45) is -1.48. The summed E-state index contributed by atoms with van der Waals surface area (Å²) in [7, 11) is 0. The summed E-state index contributed by atoms with van der Waals surface area (Å²) in [6.45, 7) is 4.81. The van der Waals surface area contributed by atoms with Crippen LogP contribution in [-0.4, -0.2) is 40.8 Å². The molecule has 0 radical (unpaired) electrons. The van der Waals surface area contributed by atoms with Crippen LogP contribution in [0.2, 0.25) is 0 Å². The van der Waals surface area contributed by atoms with Gasteiger partial charge in [0.05, 0.1) is 11.3 Å². The second-order valence-electron chi connectivity index (χ2n) is 5.63. The molecule has 1 aromatic rings. The molecule has 1 unspecified atom stereocenters. The number of hydrogen-bond acceptors (Lipinski definition) is 6. The third-order valence-electron chi connectivity index (χ3n) is 2.48. The Hall–Kier alpha value is -1.90. The lowest BCUT2D eigenvalue weighted by Crippen LogP contribution is -2.49. The highest BCUT2D eigenvalue weighted by atomic mass is 19.1. The van der Waals surface area contributed by atoms with E-state index < -0.39 is 29.8 Å². The SMILES string of the molecule is CC(C)(C)OC(O)N[C@@H](COc1ccc(F)cc1N)C(=O)O. The molecule has 0 aromatic heterocycles. The van der Waals surface area contributed by atoms with Gasteiger partial charge in [0.15, 0.2) is 0 Å². The van der Waals surface area contributed by atoms with Gasteiger partial charge in [0.25, 0.3) is 0 Å². The van der Waals surface area contributed by atoms with E-state index in [4.69, 9.17) is 20.3 Å². The summed E-state index contributed by atoms with van der Waals surface area (Å²) in [4.78, 5) is 11.2. The van der Waals surface area contributed by atoms with Crippen LogP contribution < -0.4 is 15.8 Å². The Morgan fingerprint density at radius 1 is 1.45 bits per heavy atom. The van der Waals surface area contributed by atoms with Crippen LogP contribution >= 0.6 is 0 Å². The van der Waals surface area contributed by atoms with Gasteiger partial charge in [0.1, 0.15) is 24.2 Å². The molecule has 0 aliphatic carbocycles. The molecule has 0 spiro atoms. The molecule has 5 N–H and O–H groups in total. The summed E-state index contributed by atoms with van der Waals surface area (Å²) >= 11 is 0. The number of aliphatic carboxylic acids is 1. The molecule has 22 heavy (non-hydrogen) atoms. The highest BCUT2D eigenvalue weighted by molar-refractivity contribution is 5.73. The molecule has 0 saturated heterocycles. The average molecular weight is 316 g/mol. The number of nitrogen functional groups attached to an aromatic ring is 1. The number of hydrogen-bond donors (Lipinski definition) is 4. The van der Waals surface area contributed by atoms with Gasteiger partial charge in [-0.15, -0.1) is 0 Å². The number of carboxylic acid groups (broad SMARTS) is 1. The molecule has 0 bridgehead atoms. The number of anilines is 1. The number of nitrogens with two attached hydrogens (primary N) is 1. The molecule has 0 saturated carbocycles. The molecular formula is C14H21FN2O5. The van der Waals surface area contributed by atoms with Crippen LogP contribution in [0.25, 0.3) is 0 Å². The number of halogens is 1. The quantitative estimate of drug-likeness (QED) is 0.437. The first-order valence-electron chi connectivity index (χ1n) is 6.61. The summed E-state index contributed by atoms with van der Waals surface area (Å²) in [5.41, 5.74) is 4.96. The number of ether oxygens (including phenoxy) is 2. The van der Waals surface area contributed by atoms with Crippen LogP contribution in [-0.2, 0) is 9.53 Å². The lowest BCUT2D eigenvalue weighted by molar-refractivity contribution is -0.190. The van der Waals surface area contributed by atoms with Crippen LogP contribution in [0, 0.1) is 5.82 Å². The Balaban J connectivity index is 2.63. The maximum absolute atomic E-state index is 12.9. The highest BCUT2D eigenvalue weighted by Crippen LogP contribution is 2.21. The molecule has 0 aliphatic rings. The van der Waals surface area contributed by atoms with E-state index in [0.717, 1.165) is 12.1 Å². The van der Waals surface area contributed by atoms with Crippen molar-refractivity contribution in [2.24, 2.45) is 0 Å². The van der Waals surface area contributed by atoms with E-state index >= 15 is 0 Å². The van der Waals surface area contributed by atoms with Crippen molar-refractivity contribution in [2.45, 2.75) is 38.8 Å². The fraction of sp³-hybridized carbons (Fsp3) is 0.500.